The zero-order chi connectivity index (χ0) is 20.0. The van der Waals surface area contributed by atoms with Crippen LogP contribution in [0.5, 0.6) is 0 Å². The smallest absolute Gasteiger partial charge is 0.319 e. The van der Waals surface area contributed by atoms with E-state index < -0.39 is 5.97 Å². The Morgan fingerprint density at radius 1 is 1.33 bits per heavy atom. The minimum atomic E-state index is -0.809. The number of aryl methyl sites for hydroxylation is 1. The normalized spacial score (nSPS) is 20.0. The highest BCUT2D eigenvalue weighted by atomic mass is 32.2. The van der Waals surface area contributed by atoms with Crippen LogP contribution in [0.15, 0.2) is 23.1 Å². The van der Waals surface area contributed by atoms with Crippen molar-refractivity contribution in [3.63, 3.8) is 0 Å². The fraction of sp³-hybridized carbons (Fsp3) is 0.600. The molecule has 7 heteroatoms. The van der Waals surface area contributed by atoms with E-state index in [4.69, 9.17) is 5.11 Å². The minimum Gasteiger partial charge on any atom is -0.480 e. The third kappa shape index (κ3) is 6.43. The number of hydrogen-bond donors (Lipinski definition) is 3. The summed E-state index contributed by atoms with van der Waals surface area (Å²) in [5.41, 5.74) is 1.86. The molecule has 1 aliphatic carbocycles. The van der Waals surface area contributed by atoms with Crippen molar-refractivity contribution in [1.29, 1.82) is 0 Å². The lowest BCUT2D eigenvalue weighted by Gasteiger charge is -2.42. The maximum Gasteiger partial charge on any atom is 0.319 e. The van der Waals surface area contributed by atoms with Crippen LogP contribution in [0.2, 0.25) is 0 Å². The van der Waals surface area contributed by atoms with E-state index in [1.165, 1.54) is 4.90 Å². The lowest BCUT2D eigenvalue weighted by Crippen LogP contribution is -2.55. The van der Waals surface area contributed by atoms with Crippen molar-refractivity contribution in [3.05, 3.63) is 23.8 Å². The Morgan fingerprint density at radius 3 is 2.59 bits per heavy atom. The van der Waals surface area contributed by atoms with Gasteiger partial charge in [-0.25, -0.2) is 4.79 Å². The van der Waals surface area contributed by atoms with Gasteiger partial charge < -0.3 is 15.7 Å². The number of urea groups is 1. The summed E-state index contributed by atoms with van der Waals surface area (Å²) in [5.74, 6) is -0.809. The maximum atomic E-state index is 12.3. The molecule has 1 unspecified atom stereocenters. The molecular weight excluding hydrogens is 362 g/mol. The van der Waals surface area contributed by atoms with Crippen LogP contribution < -0.4 is 10.6 Å². The summed E-state index contributed by atoms with van der Waals surface area (Å²) < 4.78 is 0. The highest BCUT2D eigenvalue weighted by Crippen LogP contribution is 2.29. The molecule has 0 radical (unpaired) electrons. The summed E-state index contributed by atoms with van der Waals surface area (Å²) in [4.78, 5) is 26.3. The van der Waals surface area contributed by atoms with Crippen molar-refractivity contribution in [2.75, 3.05) is 18.4 Å². The third-order valence-corrected chi connectivity index (χ3v) is 6.33. The summed E-state index contributed by atoms with van der Waals surface area (Å²) in [7, 11) is 0. The molecule has 2 rings (SSSR count). The number of likely N-dealkylation sites (N-methyl/N-ethyl adjacent to an activating group) is 1. The number of amides is 2. The summed E-state index contributed by atoms with van der Waals surface area (Å²) in [6.07, 6.45) is 2.70. The zero-order valence-corrected chi connectivity index (χ0v) is 17.4. The van der Waals surface area contributed by atoms with Crippen LogP contribution >= 0.6 is 11.8 Å². The highest BCUT2D eigenvalue weighted by Gasteiger charge is 2.34. The van der Waals surface area contributed by atoms with Gasteiger partial charge in [0, 0.05) is 27.9 Å². The molecule has 1 aliphatic rings. The number of rotatable bonds is 9. The molecule has 27 heavy (non-hydrogen) atoms. The highest BCUT2D eigenvalue weighted by molar-refractivity contribution is 7.99. The predicted octanol–water partition coefficient (Wildman–Crippen LogP) is 3.94. The van der Waals surface area contributed by atoms with Crippen LogP contribution in [0.4, 0.5) is 10.5 Å². The second-order valence-corrected chi connectivity index (χ2v) is 8.70. The molecule has 1 aromatic rings. The molecule has 0 spiro atoms. The van der Waals surface area contributed by atoms with Crippen molar-refractivity contribution in [2.45, 2.75) is 69.2 Å². The maximum absolute atomic E-state index is 12.3. The number of carboxylic acids is 1. The van der Waals surface area contributed by atoms with E-state index in [1.54, 1.807) is 0 Å². The van der Waals surface area contributed by atoms with Gasteiger partial charge in [0.25, 0.3) is 0 Å². The first-order valence-electron chi connectivity index (χ1n) is 9.63. The molecule has 0 heterocycles. The fourth-order valence-electron chi connectivity index (χ4n) is 3.19. The van der Waals surface area contributed by atoms with Gasteiger partial charge in [-0.3, -0.25) is 9.69 Å². The molecule has 2 amide bonds. The lowest BCUT2D eigenvalue weighted by molar-refractivity contribution is -0.139. The fourth-order valence-corrected chi connectivity index (χ4v) is 4.21. The first-order valence-corrected chi connectivity index (χ1v) is 10.5. The Balaban J connectivity index is 1.80. The van der Waals surface area contributed by atoms with Crippen LogP contribution in [0.3, 0.4) is 0 Å². The summed E-state index contributed by atoms with van der Waals surface area (Å²) in [6.45, 7) is 9.11. The quantitative estimate of drug-likeness (QED) is 0.554. The van der Waals surface area contributed by atoms with Crippen LogP contribution in [-0.4, -0.2) is 52.4 Å². The number of carboxylic acid groups (broad SMARTS) is 1. The molecule has 0 bridgehead atoms. The van der Waals surface area contributed by atoms with Gasteiger partial charge in [0.2, 0.25) is 0 Å². The van der Waals surface area contributed by atoms with E-state index in [-0.39, 0.29) is 24.7 Å². The van der Waals surface area contributed by atoms with Crippen molar-refractivity contribution in [1.82, 2.24) is 10.2 Å². The van der Waals surface area contributed by atoms with E-state index in [1.807, 2.05) is 42.6 Å². The summed E-state index contributed by atoms with van der Waals surface area (Å²) in [5, 5.41) is 15.4. The Morgan fingerprint density at radius 2 is 2.04 bits per heavy atom. The molecule has 1 fully saturated rings. The summed E-state index contributed by atoms with van der Waals surface area (Å²) >= 11 is 1.84. The van der Waals surface area contributed by atoms with Gasteiger partial charge in [0.15, 0.2) is 0 Å². The SMILES string of the molecule is CCC(C)Sc1ccc(NC(=O)NC2CC(N(CC)CC(=O)O)C2)c(C)c1. The molecule has 0 saturated heterocycles. The average Bonchev–Trinajstić information content (AvgIpc) is 2.58. The zero-order valence-electron chi connectivity index (χ0n) is 16.6. The topological polar surface area (TPSA) is 81.7 Å². The van der Waals surface area contributed by atoms with Gasteiger partial charge in [-0.05, 0) is 56.5 Å². The molecule has 3 N–H and O–H groups in total. The molecule has 1 atom stereocenters. The van der Waals surface area contributed by atoms with Crippen LogP contribution in [0.25, 0.3) is 0 Å². The Bertz CT molecular complexity index is 662. The number of aliphatic carboxylic acids is 1. The predicted molar refractivity (Wildman–Crippen MR) is 111 cm³/mol. The second kappa shape index (κ2) is 9.99. The standard InChI is InChI=1S/C20H31N3O3S/c1-5-14(4)27-17-7-8-18(13(3)9-17)22-20(26)21-15-10-16(11-15)23(6-2)12-19(24)25/h7-9,14-16H,5-6,10-12H2,1-4H3,(H,24,25)(H2,21,22,26). The van der Waals surface area contributed by atoms with Crippen molar-refractivity contribution >= 4 is 29.4 Å². The van der Waals surface area contributed by atoms with E-state index in [0.29, 0.717) is 11.8 Å². The second-order valence-electron chi connectivity index (χ2n) is 7.19. The Labute approximate surface area is 166 Å². The Kier molecular flexibility index (Phi) is 7.98. The monoisotopic (exact) mass is 393 g/mol. The van der Waals surface area contributed by atoms with Gasteiger partial charge in [-0.2, -0.15) is 0 Å². The number of benzene rings is 1. The van der Waals surface area contributed by atoms with Crippen molar-refractivity contribution in [3.8, 4) is 0 Å². The molecular formula is C20H31N3O3S. The van der Waals surface area contributed by atoms with Crippen LogP contribution in [0.1, 0.15) is 45.6 Å². The number of hydrogen-bond acceptors (Lipinski definition) is 4. The largest absolute Gasteiger partial charge is 0.480 e. The number of nitrogens with one attached hydrogen (secondary N) is 2. The number of nitrogens with zero attached hydrogens (tertiary/aromatic N) is 1. The summed E-state index contributed by atoms with van der Waals surface area (Å²) in [6, 6.07) is 6.23. The number of carbonyl (C=O) groups excluding carboxylic acids is 1. The van der Waals surface area contributed by atoms with Crippen molar-refractivity contribution < 1.29 is 14.7 Å². The minimum absolute atomic E-state index is 0.0558. The van der Waals surface area contributed by atoms with Crippen LogP contribution in [-0.2, 0) is 4.79 Å². The first kappa shape index (κ1) is 21.6. The molecule has 6 nitrogen and oxygen atoms in total. The van der Waals surface area contributed by atoms with Gasteiger partial charge in [0.05, 0.1) is 6.54 Å². The molecule has 1 saturated carbocycles. The van der Waals surface area contributed by atoms with Gasteiger partial charge >= 0.3 is 12.0 Å². The van der Waals surface area contributed by atoms with Gasteiger partial charge in [-0.1, -0.05) is 20.8 Å². The number of carbonyl (C=O) groups is 2. The molecule has 0 aliphatic heterocycles. The van der Waals surface area contributed by atoms with Crippen LogP contribution in [0, 0.1) is 6.92 Å². The molecule has 0 aromatic heterocycles. The van der Waals surface area contributed by atoms with E-state index in [9.17, 15) is 9.59 Å². The van der Waals surface area contributed by atoms with E-state index in [2.05, 4.69) is 30.5 Å². The average molecular weight is 394 g/mol. The van der Waals surface area contributed by atoms with Gasteiger partial charge in [-0.15, -0.1) is 11.8 Å². The van der Waals surface area contributed by atoms with E-state index in [0.717, 1.165) is 30.5 Å². The molecule has 150 valence electrons. The third-order valence-electron chi connectivity index (χ3n) is 5.07. The van der Waals surface area contributed by atoms with Crippen molar-refractivity contribution in [2.24, 2.45) is 0 Å². The number of anilines is 1. The Hall–Kier alpha value is -1.73. The van der Waals surface area contributed by atoms with E-state index >= 15 is 0 Å². The van der Waals surface area contributed by atoms with Gasteiger partial charge in [0.1, 0.15) is 0 Å². The molecule has 1 aromatic carbocycles. The lowest BCUT2D eigenvalue weighted by atomic mass is 9.85. The first-order chi connectivity index (χ1) is 12.8. The number of thioether (sulfide) groups is 1.